The van der Waals surface area contributed by atoms with Crippen molar-refractivity contribution in [1.82, 2.24) is 0 Å². The number of aliphatic hydroxyl groups is 1. The lowest BCUT2D eigenvalue weighted by atomic mass is 10.1. The number of rotatable bonds is 5. The number of benzene rings is 1. The van der Waals surface area contributed by atoms with Gasteiger partial charge in [0.05, 0.1) is 17.2 Å². The van der Waals surface area contributed by atoms with Crippen LogP contribution in [-0.4, -0.2) is 33.6 Å². The van der Waals surface area contributed by atoms with Crippen molar-refractivity contribution in [2.75, 3.05) is 0 Å². The van der Waals surface area contributed by atoms with Gasteiger partial charge in [-0.2, -0.15) is 0 Å². The average molecular weight is 365 g/mol. The second-order valence-corrected chi connectivity index (χ2v) is 6.30. The van der Waals surface area contributed by atoms with Crippen LogP contribution in [0.5, 0.6) is 11.5 Å². The first-order chi connectivity index (χ1) is 11.9. The van der Waals surface area contributed by atoms with Crippen molar-refractivity contribution >= 4 is 28.4 Å². The lowest BCUT2D eigenvalue weighted by Crippen LogP contribution is -2.05. The predicted octanol–water partition coefficient (Wildman–Crippen LogP) is 2.97. The van der Waals surface area contributed by atoms with Gasteiger partial charge in [-0.05, 0) is 19.1 Å². The Morgan fingerprint density at radius 1 is 1.28 bits per heavy atom. The molecule has 1 aromatic heterocycles. The van der Waals surface area contributed by atoms with E-state index in [-0.39, 0.29) is 39.5 Å². The number of halogens is 1. The number of ether oxygens (including phenoxy) is 1. The van der Waals surface area contributed by atoms with Crippen LogP contribution in [0.1, 0.15) is 19.1 Å². The van der Waals surface area contributed by atoms with Crippen molar-refractivity contribution in [3.63, 3.8) is 0 Å². The molecule has 1 saturated heterocycles. The quantitative estimate of drug-likeness (QED) is 0.556. The minimum atomic E-state index is -0.747. The summed E-state index contributed by atoms with van der Waals surface area (Å²) in [5, 5.41) is 28.8. The molecule has 3 atom stereocenters. The third kappa shape index (κ3) is 3.87. The molecule has 0 amide bonds. The molecule has 1 aliphatic rings. The molecule has 2 aromatic rings. The highest BCUT2D eigenvalue weighted by Crippen LogP contribution is 2.36. The number of phenols is 2. The maximum absolute atomic E-state index is 12.0. The smallest absolute Gasteiger partial charge is 0.347 e. The molecule has 7 heteroatoms. The highest BCUT2D eigenvalue weighted by molar-refractivity contribution is 6.37. The molecule has 0 bridgehead atoms. The Morgan fingerprint density at radius 2 is 2.04 bits per heavy atom. The Bertz CT molecular complexity index is 912. The summed E-state index contributed by atoms with van der Waals surface area (Å²) >= 11 is 5.99. The normalized spacial score (nSPS) is 21.4. The highest BCUT2D eigenvalue weighted by atomic mass is 35.5. The van der Waals surface area contributed by atoms with Crippen LogP contribution in [0.15, 0.2) is 39.6 Å². The van der Waals surface area contributed by atoms with E-state index in [1.165, 1.54) is 6.07 Å². The molecule has 3 N–H and O–H groups in total. The first-order valence-electron chi connectivity index (χ1n) is 7.73. The Balaban J connectivity index is 1.79. The third-order valence-corrected chi connectivity index (χ3v) is 4.23. The highest BCUT2D eigenvalue weighted by Gasteiger charge is 2.36. The number of phenolic OH excluding ortho intramolecular Hbond substituents is 2. The lowest BCUT2D eigenvalue weighted by molar-refractivity contribution is 0.170. The van der Waals surface area contributed by atoms with Crippen LogP contribution in [0.3, 0.4) is 0 Å². The molecular weight excluding hydrogens is 348 g/mol. The number of aliphatic hydroxyl groups excluding tert-OH is 1. The van der Waals surface area contributed by atoms with Crippen LogP contribution in [0, 0.1) is 0 Å². The lowest BCUT2D eigenvalue weighted by Gasteiger charge is -2.05. The van der Waals surface area contributed by atoms with Crippen LogP contribution >= 0.6 is 11.6 Å². The van der Waals surface area contributed by atoms with Crippen molar-refractivity contribution in [2.24, 2.45) is 0 Å². The van der Waals surface area contributed by atoms with Crippen LogP contribution in [-0.2, 0) is 4.74 Å². The Kier molecular flexibility index (Phi) is 4.85. The van der Waals surface area contributed by atoms with Gasteiger partial charge in [0.2, 0.25) is 0 Å². The number of allylic oxidation sites excluding steroid dienone is 2. The van der Waals surface area contributed by atoms with E-state index >= 15 is 0 Å². The van der Waals surface area contributed by atoms with Gasteiger partial charge in [-0.25, -0.2) is 4.79 Å². The summed E-state index contributed by atoms with van der Waals surface area (Å²) in [7, 11) is 0. The predicted molar refractivity (Wildman–Crippen MR) is 94.0 cm³/mol. The fourth-order valence-electron chi connectivity index (χ4n) is 2.59. The van der Waals surface area contributed by atoms with Crippen molar-refractivity contribution in [3.8, 4) is 11.5 Å². The minimum absolute atomic E-state index is 0.0220. The number of fused-ring (bicyclic) bond motifs is 1. The van der Waals surface area contributed by atoms with Crippen molar-refractivity contribution in [1.29, 1.82) is 0 Å². The van der Waals surface area contributed by atoms with Crippen molar-refractivity contribution < 1.29 is 24.5 Å². The van der Waals surface area contributed by atoms with Gasteiger partial charge in [0.1, 0.15) is 28.7 Å². The number of aromatic hydroxyl groups is 2. The average Bonchev–Trinajstić information content (AvgIpc) is 3.25. The van der Waals surface area contributed by atoms with Gasteiger partial charge in [0.25, 0.3) is 0 Å². The van der Waals surface area contributed by atoms with E-state index in [9.17, 15) is 20.1 Å². The molecule has 0 saturated carbocycles. The van der Waals surface area contributed by atoms with Gasteiger partial charge >= 0.3 is 5.63 Å². The minimum Gasteiger partial charge on any atom is -0.507 e. The van der Waals surface area contributed by atoms with Gasteiger partial charge in [-0.1, -0.05) is 29.8 Å². The van der Waals surface area contributed by atoms with Crippen LogP contribution in [0.2, 0.25) is 5.02 Å². The molecule has 0 unspecified atom stereocenters. The molecule has 0 spiro atoms. The fraction of sp³-hybridized carbons (Fsp3) is 0.278. The Hall–Kier alpha value is -2.28. The molecule has 3 rings (SSSR count). The maximum Gasteiger partial charge on any atom is 0.347 e. The zero-order chi connectivity index (χ0) is 18.1. The van der Waals surface area contributed by atoms with E-state index < -0.39 is 17.5 Å². The SMILES string of the molecule is C[C@@H](O)C[C@H]1O[C@@H]1/C=C/C=C/c1cc2c(Cl)c(O)cc(O)c2c(=O)o1. The van der Waals surface area contributed by atoms with Crippen molar-refractivity contribution in [3.05, 3.63) is 51.6 Å². The summed E-state index contributed by atoms with van der Waals surface area (Å²) in [6.45, 7) is 1.71. The van der Waals surface area contributed by atoms with Gasteiger partial charge in [0, 0.05) is 17.9 Å². The van der Waals surface area contributed by atoms with Crippen LogP contribution in [0.25, 0.3) is 16.8 Å². The van der Waals surface area contributed by atoms with Gasteiger partial charge in [-0.15, -0.1) is 0 Å². The molecule has 132 valence electrons. The zero-order valence-corrected chi connectivity index (χ0v) is 14.1. The third-order valence-electron chi connectivity index (χ3n) is 3.83. The number of epoxide rings is 1. The second-order valence-electron chi connectivity index (χ2n) is 5.92. The first-order valence-corrected chi connectivity index (χ1v) is 8.11. The molecule has 2 heterocycles. The van der Waals surface area contributed by atoms with E-state index in [1.54, 1.807) is 25.2 Å². The van der Waals surface area contributed by atoms with E-state index in [4.69, 9.17) is 20.8 Å². The maximum atomic E-state index is 12.0. The number of hydrogen-bond donors (Lipinski definition) is 3. The van der Waals surface area contributed by atoms with Crippen molar-refractivity contribution in [2.45, 2.75) is 31.7 Å². The van der Waals surface area contributed by atoms with E-state index in [2.05, 4.69) is 0 Å². The Labute approximate surface area is 148 Å². The fourth-order valence-corrected chi connectivity index (χ4v) is 2.79. The van der Waals surface area contributed by atoms with E-state index in [0.29, 0.717) is 6.42 Å². The molecule has 25 heavy (non-hydrogen) atoms. The molecule has 6 nitrogen and oxygen atoms in total. The van der Waals surface area contributed by atoms with Gasteiger partial charge in [-0.3, -0.25) is 0 Å². The van der Waals surface area contributed by atoms with E-state index in [0.717, 1.165) is 6.07 Å². The first kappa shape index (κ1) is 17.5. The summed E-state index contributed by atoms with van der Waals surface area (Å²) < 4.78 is 10.5. The summed E-state index contributed by atoms with van der Waals surface area (Å²) in [5.41, 5.74) is -0.747. The zero-order valence-electron chi connectivity index (χ0n) is 13.3. The molecular formula is C18H17ClO6. The van der Waals surface area contributed by atoms with Crippen LogP contribution < -0.4 is 5.63 Å². The summed E-state index contributed by atoms with van der Waals surface area (Å²) in [5.74, 6) is -0.482. The summed E-state index contributed by atoms with van der Waals surface area (Å²) in [6.07, 6.45) is 7.01. The van der Waals surface area contributed by atoms with Crippen LogP contribution in [0.4, 0.5) is 0 Å². The summed E-state index contributed by atoms with van der Waals surface area (Å²) in [6, 6.07) is 2.46. The molecule has 1 aromatic carbocycles. The monoisotopic (exact) mass is 364 g/mol. The second kappa shape index (κ2) is 6.92. The number of hydrogen-bond acceptors (Lipinski definition) is 6. The molecule has 0 radical (unpaired) electrons. The molecule has 1 aliphatic heterocycles. The summed E-state index contributed by atoms with van der Waals surface area (Å²) in [4.78, 5) is 12.0. The Morgan fingerprint density at radius 3 is 2.76 bits per heavy atom. The molecule has 0 aliphatic carbocycles. The standard InChI is InChI=1S/C18H17ClO6/c1-9(20)6-15-14(25-15)5-3-2-4-10-7-11-16(18(23)24-10)12(21)8-13(22)17(11)19/h2-5,7-9,14-15,20-22H,6H2,1H3/b4-2+,5-3+/t9-,14-,15-/m1/s1. The largest absolute Gasteiger partial charge is 0.507 e. The molecule has 1 fully saturated rings. The van der Waals surface area contributed by atoms with E-state index in [1.807, 2.05) is 6.08 Å². The topological polar surface area (TPSA) is 103 Å². The van der Waals surface area contributed by atoms with Gasteiger partial charge < -0.3 is 24.5 Å². The van der Waals surface area contributed by atoms with Gasteiger partial charge in [0.15, 0.2) is 0 Å².